The standard InChI is InChI=1S/C15H21Br2NO/c1-9-4-3-5-14(10(9)2)18-8-11-6-12(16)15(19)13(17)7-11/h6-7,9-10,14,18-19H,3-5,8H2,1-2H3. The van der Waals surface area contributed by atoms with Gasteiger partial charge in [0, 0.05) is 12.6 Å². The van der Waals surface area contributed by atoms with Gasteiger partial charge in [0.25, 0.3) is 0 Å². The van der Waals surface area contributed by atoms with E-state index in [9.17, 15) is 5.11 Å². The van der Waals surface area contributed by atoms with Gasteiger partial charge in [-0.1, -0.05) is 26.7 Å². The monoisotopic (exact) mass is 389 g/mol. The van der Waals surface area contributed by atoms with E-state index in [1.54, 1.807) is 0 Å². The molecule has 4 heteroatoms. The first-order chi connectivity index (χ1) is 8.99. The second-order valence-electron chi connectivity index (χ2n) is 5.66. The smallest absolute Gasteiger partial charge is 0.143 e. The number of rotatable bonds is 3. The molecule has 0 spiro atoms. The summed E-state index contributed by atoms with van der Waals surface area (Å²) in [5, 5.41) is 13.4. The highest BCUT2D eigenvalue weighted by Gasteiger charge is 2.26. The molecule has 2 N–H and O–H groups in total. The summed E-state index contributed by atoms with van der Waals surface area (Å²) in [4.78, 5) is 0. The van der Waals surface area contributed by atoms with E-state index >= 15 is 0 Å². The Kier molecular flexibility index (Phi) is 5.32. The van der Waals surface area contributed by atoms with Crippen LogP contribution >= 0.6 is 31.9 Å². The fourth-order valence-corrected chi connectivity index (χ4v) is 4.12. The van der Waals surface area contributed by atoms with Crippen molar-refractivity contribution in [3.05, 3.63) is 26.6 Å². The molecule has 2 rings (SSSR count). The number of halogens is 2. The molecule has 0 radical (unpaired) electrons. The maximum Gasteiger partial charge on any atom is 0.143 e. The van der Waals surface area contributed by atoms with E-state index in [2.05, 4.69) is 51.0 Å². The number of aromatic hydroxyl groups is 1. The van der Waals surface area contributed by atoms with Gasteiger partial charge in [0.05, 0.1) is 8.95 Å². The molecule has 1 saturated carbocycles. The molecule has 0 aromatic heterocycles. The minimum Gasteiger partial charge on any atom is -0.506 e. The molecule has 106 valence electrons. The average molecular weight is 391 g/mol. The molecule has 19 heavy (non-hydrogen) atoms. The molecule has 1 aromatic rings. The van der Waals surface area contributed by atoms with Crippen molar-refractivity contribution >= 4 is 31.9 Å². The van der Waals surface area contributed by atoms with Crippen LogP contribution in [0.3, 0.4) is 0 Å². The van der Waals surface area contributed by atoms with Gasteiger partial charge in [-0.15, -0.1) is 0 Å². The van der Waals surface area contributed by atoms with E-state index in [-0.39, 0.29) is 5.75 Å². The molecule has 1 fully saturated rings. The molecule has 3 atom stereocenters. The lowest BCUT2D eigenvalue weighted by Gasteiger charge is -2.34. The largest absolute Gasteiger partial charge is 0.506 e. The van der Waals surface area contributed by atoms with E-state index in [0.717, 1.165) is 27.3 Å². The summed E-state index contributed by atoms with van der Waals surface area (Å²) in [6.07, 6.45) is 3.95. The number of hydrogen-bond donors (Lipinski definition) is 2. The Morgan fingerprint density at radius 2 is 1.84 bits per heavy atom. The van der Waals surface area contributed by atoms with Crippen LogP contribution in [0.15, 0.2) is 21.1 Å². The van der Waals surface area contributed by atoms with Crippen LogP contribution in [-0.2, 0) is 6.54 Å². The molecule has 3 unspecified atom stereocenters. The zero-order valence-corrected chi connectivity index (χ0v) is 14.6. The van der Waals surface area contributed by atoms with Crippen molar-refractivity contribution in [1.29, 1.82) is 0 Å². The topological polar surface area (TPSA) is 32.3 Å². The van der Waals surface area contributed by atoms with Gasteiger partial charge in [-0.3, -0.25) is 0 Å². The zero-order valence-electron chi connectivity index (χ0n) is 11.4. The van der Waals surface area contributed by atoms with Crippen molar-refractivity contribution in [3.8, 4) is 5.75 Å². The van der Waals surface area contributed by atoms with Gasteiger partial charge in [-0.2, -0.15) is 0 Å². The number of nitrogens with one attached hydrogen (secondary N) is 1. The van der Waals surface area contributed by atoms with Gasteiger partial charge >= 0.3 is 0 Å². The quantitative estimate of drug-likeness (QED) is 0.774. The van der Waals surface area contributed by atoms with Crippen LogP contribution in [0.5, 0.6) is 5.75 Å². The Balaban J connectivity index is 1.99. The lowest BCUT2D eigenvalue weighted by Crippen LogP contribution is -2.40. The number of benzene rings is 1. The molecular formula is C15H21Br2NO. The van der Waals surface area contributed by atoms with E-state index in [1.807, 2.05) is 12.1 Å². The van der Waals surface area contributed by atoms with Gasteiger partial charge in [0.1, 0.15) is 5.75 Å². The molecule has 0 bridgehead atoms. The minimum atomic E-state index is 0.267. The molecule has 0 aliphatic heterocycles. The van der Waals surface area contributed by atoms with Gasteiger partial charge in [0.15, 0.2) is 0 Å². The van der Waals surface area contributed by atoms with Crippen LogP contribution < -0.4 is 5.32 Å². The van der Waals surface area contributed by atoms with E-state index < -0.39 is 0 Å². The number of hydrogen-bond acceptors (Lipinski definition) is 2. The lowest BCUT2D eigenvalue weighted by molar-refractivity contribution is 0.206. The van der Waals surface area contributed by atoms with Crippen molar-refractivity contribution in [1.82, 2.24) is 5.32 Å². The van der Waals surface area contributed by atoms with Crippen molar-refractivity contribution in [3.63, 3.8) is 0 Å². The van der Waals surface area contributed by atoms with Crippen molar-refractivity contribution < 1.29 is 5.11 Å². The Hall–Kier alpha value is -0.0600. The van der Waals surface area contributed by atoms with Gasteiger partial charge < -0.3 is 10.4 Å². The first-order valence-electron chi connectivity index (χ1n) is 6.89. The van der Waals surface area contributed by atoms with Crippen molar-refractivity contribution in [2.24, 2.45) is 11.8 Å². The summed E-state index contributed by atoms with van der Waals surface area (Å²) in [5.41, 5.74) is 1.18. The summed E-state index contributed by atoms with van der Waals surface area (Å²) in [6, 6.07) is 4.56. The molecule has 1 aliphatic carbocycles. The maximum absolute atomic E-state index is 9.71. The minimum absolute atomic E-state index is 0.267. The van der Waals surface area contributed by atoms with Crippen LogP contribution in [0.4, 0.5) is 0 Å². The van der Waals surface area contributed by atoms with Crippen LogP contribution in [0.2, 0.25) is 0 Å². The normalized spacial score (nSPS) is 27.5. The molecule has 1 aromatic carbocycles. The Morgan fingerprint density at radius 1 is 1.21 bits per heavy atom. The van der Waals surface area contributed by atoms with Gasteiger partial charge in [-0.05, 0) is 67.8 Å². The summed E-state index contributed by atoms with van der Waals surface area (Å²) < 4.78 is 1.48. The zero-order chi connectivity index (χ0) is 14.0. The molecule has 2 nitrogen and oxygen atoms in total. The molecule has 0 saturated heterocycles. The predicted octanol–water partition coefficient (Wildman–Crippen LogP) is 4.83. The summed E-state index contributed by atoms with van der Waals surface area (Å²) in [7, 11) is 0. The third-order valence-electron chi connectivity index (χ3n) is 4.35. The van der Waals surface area contributed by atoms with E-state index in [4.69, 9.17) is 0 Å². The molecule has 0 amide bonds. The summed E-state index contributed by atoms with van der Waals surface area (Å²) >= 11 is 6.75. The van der Waals surface area contributed by atoms with Crippen LogP contribution in [-0.4, -0.2) is 11.1 Å². The number of phenolic OH excluding ortho intramolecular Hbond substituents is 1. The van der Waals surface area contributed by atoms with Crippen molar-refractivity contribution in [2.75, 3.05) is 0 Å². The Bertz CT molecular complexity index is 427. The van der Waals surface area contributed by atoms with Crippen molar-refractivity contribution in [2.45, 2.75) is 45.7 Å². The third-order valence-corrected chi connectivity index (χ3v) is 5.56. The highest BCUT2D eigenvalue weighted by Crippen LogP contribution is 2.34. The lowest BCUT2D eigenvalue weighted by atomic mass is 9.78. The van der Waals surface area contributed by atoms with Crippen LogP contribution in [0.1, 0.15) is 38.7 Å². The first kappa shape index (κ1) is 15.3. The highest BCUT2D eigenvalue weighted by molar-refractivity contribution is 9.11. The highest BCUT2D eigenvalue weighted by atomic mass is 79.9. The Morgan fingerprint density at radius 3 is 2.47 bits per heavy atom. The van der Waals surface area contributed by atoms with Crippen LogP contribution in [0, 0.1) is 11.8 Å². The molecular weight excluding hydrogens is 370 g/mol. The Labute approximate surface area is 132 Å². The van der Waals surface area contributed by atoms with Gasteiger partial charge in [-0.25, -0.2) is 0 Å². The van der Waals surface area contributed by atoms with E-state index in [1.165, 1.54) is 24.8 Å². The maximum atomic E-state index is 9.71. The second-order valence-corrected chi connectivity index (χ2v) is 7.37. The molecule has 1 aliphatic rings. The average Bonchev–Trinajstić information content (AvgIpc) is 2.37. The number of phenols is 1. The third kappa shape index (κ3) is 3.73. The van der Waals surface area contributed by atoms with Crippen LogP contribution in [0.25, 0.3) is 0 Å². The second kappa shape index (κ2) is 6.59. The van der Waals surface area contributed by atoms with E-state index in [0.29, 0.717) is 6.04 Å². The van der Waals surface area contributed by atoms with Gasteiger partial charge in [0.2, 0.25) is 0 Å². The fraction of sp³-hybridized carbons (Fsp3) is 0.600. The predicted molar refractivity (Wildman–Crippen MR) is 86.3 cm³/mol. The summed E-state index contributed by atoms with van der Waals surface area (Å²) in [5.74, 6) is 1.81. The first-order valence-corrected chi connectivity index (χ1v) is 8.48. The summed E-state index contributed by atoms with van der Waals surface area (Å²) in [6.45, 7) is 5.55. The molecule has 0 heterocycles. The SMILES string of the molecule is CC1CCCC(NCc2cc(Br)c(O)c(Br)c2)C1C. The fourth-order valence-electron chi connectivity index (χ4n) is 2.84.